The molecule has 0 saturated heterocycles. The Hall–Kier alpha value is -0.300. The molecule has 92 valence electrons. The third kappa shape index (κ3) is 4.83. The van der Waals surface area contributed by atoms with Crippen molar-refractivity contribution in [3.05, 3.63) is 0 Å². The molecule has 0 aliphatic carbocycles. The van der Waals surface area contributed by atoms with Crippen molar-refractivity contribution < 1.29 is 25.8 Å². The first-order valence-electron chi connectivity index (χ1n) is 4.74. The highest BCUT2D eigenvalue weighted by molar-refractivity contribution is 7.87. The Kier molecular flexibility index (Phi) is 5.58. The summed E-state index contributed by atoms with van der Waals surface area (Å²) in [6.45, 7) is 3.51. The van der Waals surface area contributed by atoms with Crippen LogP contribution in [0.3, 0.4) is 0 Å². The molecule has 15 heavy (non-hydrogen) atoms. The fraction of sp³-hybridized carbons (Fsp3) is 1.00. The molecular weight excluding hydrogens is 233 g/mol. The largest absolute Gasteiger partial charge is 0.523 e. The molecule has 0 aromatic heterocycles. The van der Waals surface area contributed by atoms with Crippen LogP contribution in [0.5, 0.6) is 0 Å². The molecule has 0 saturated carbocycles. The van der Waals surface area contributed by atoms with E-state index in [1.54, 1.807) is 13.8 Å². The molecule has 0 aliphatic rings. The van der Waals surface area contributed by atoms with Crippen molar-refractivity contribution in [1.82, 2.24) is 0 Å². The van der Waals surface area contributed by atoms with Crippen LogP contribution >= 0.6 is 0 Å². The summed E-state index contributed by atoms with van der Waals surface area (Å²) in [7, 11) is -5.44. The highest BCUT2D eigenvalue weighted by Gasteiger charge is 2.48. The molecule has 0 fully saturated rings. The van der Waals surface area contributed by atoms with E-state index < -0.39 is 21.7 Å². The molecule has 0 aromatic rings. The molecule has 0 bridgehead atoms. The summed E-state index contributed by atoms with van der Waals surface area (Å²) in [6.07, 6.45) is 0.911. The summed E-state index contributed by atoms with van der Waals surface area (Å²) in [4.78, 5) is 0. The normalized spacial score (nSPS) is 13.5. The van der Waals surface area contributed by atoms with Gasteiger partial charge in [0.05, 0.1) is 6.10 Å². The summed E-state index contributed by atoms with van der Waals surface area (Å²) in [5, 5.41) is 0. The van der Waals surface area contributed by atoms with Crippen molar-refractivity contribution in [2.45, 2.75) is 51.1 Å². The van der Waals surface area contributed by atoms with E-state index in [0.717, 1.165) is 0 Å². The Morgan fingerprint density at radius 3 is 1.80 bits per heavy atom. The van der Waals surface area contributed by atoms with Crippen LogP contribution in [-0.2, 0) is 14.3 Å². The van der Waals surface area contributed by atoms with E-state index in [4.69, 9.17) is 0 Å². The van der Waals surface area contributed by atoms with E-state index in [1.165, 1.54) is 0 Å². The fourth-order valence-electron chi connectivity index (χ4n) is 1.12. The van der Waals surface area contributed by atoms with Crippen LogP contribution in [-0.4, -0.2) is 20.0 Å². The minimum absolute atomic E-state index is 0.309. The smallest absolute Gasteiger partial charge is 0.260 e. The zero-order valence-corrected chi connectivity index (χ0v) is 9.49. The average molecular weight is 248 g/mol. The van der Waals surface area contributed by atoms with Crippen molar-refractivity contribution in [3.63, 3.8) is 0 Å². The minimum Gasteiger partial charge on any atom is -0.260 e. The van der Waals surface area contributed by atoms with E-state index in [2.05, 4.69) is 4.18 Å². The molecule has 3 nitrogen and oxygen atoms in total. The zero-order chi connectivity index (χ0) is 12.1. The molecule has 0 N–H and O–H groups in total. The fourth-order valence-corrected chi connectivity index (χ4v) is 1.78. The Morgan fingerprint density at radius 1 is 1.13 bits per heavy atom. The molecule has 0 atom stereocenters. The summed E-state index contributed by atoms with van der Waals surface area (Å²) >= 11 is 0. The van der Waals surface area contributed by atoms with E-state index in [0.29, 0.717) is 25.7 Å². The second-order valence-corrected chi connectivity index (χ2v) is 4.76. The van der Waals surface area contributed by atoms with Crippen LogP contribution in [0.25, 0.3) is 0 Å². The average Bonchev–Trinajstić information content (AvgIpc) is 2.02. The lowest BCUT2D eigenvalue weighted by molar-refractivity contribution is -0.0579. The van der Waals surface area contributed by atoms with Crippen molar-refractivity contribution in [3.8, 4) is 0 Å². The van der Waals surface area contributed by atoms with E-state index >= 15 is 0 Å². The number of rotatable bonds is 6. The third-order valence-electron chi connectivity index (χ3n) is 1.77. The Labute approximate surface area is 87.7 Å². The van der Waals surface area contributed by atoms with Crippen LogP contribution in [0.4, 0.5) is 13.2 Å². The molecule has 0 rings (SSSR count). The Balaban J connectivity index is 4.53. The lowest BCUT2D eigenvalue weighted by atomic mass is 10.1. The zero-order valence-electron chi connectivity index (χ0n) is 8.67. The number of hydrogen-bond donors (Lipinski definition) is 0. The first kappa shape index (κ1) is 14.7. The van der Waals surface area contributed by atoms with Crippen LogP contribution in [0.1, 0.15) is 39.5 Å². The molecular formula is C8H15F3O3S. The molecule has 0 aliphatic heterocycles. The van der Waals surface area contributed by atoms with Gasteiger partial charge in [-0.2, -0.15) is 21.6 Å². The number of halogens is 3. The van der Waals surface area contributed by atoms with Crippen LogP contribution in [0.15, 0.2) is 0 Å². The van der Waals surface area contributed by atoms with Gasteiger partial charge in [0.25, 0.3) is 0 Å². The molecule has 0 aromatic carbocycles. The maximum Gasteiger partial charge on any atom is 0.523 e. The van der Waals surface area contributed by atoms with E-state index in [-0.39, 0.29) is 0 Å². The van der Waals surface area contributed by atoms with E-state index in [9.17, 15) is 21.6 Å². The van der Waals surface area contributed by atoms with Gasteiger partial charge in [-0.3, -0.25) is 4.18 Å². The highest BCUT2D eigenvalue weighted by Crippen LogP contribution is 2.27. The first-order chi connectivity index (χ1) is 6.74. The van der Waals surface area contributed by atoms with Crippen molar-refractivity contribution >= 4 is 10.1 Å². The van der Waals surface area contributed by atoms with Gasteiger partial charge in [0.1, 0.15) is 0 Å². The third-order valence-corrected chi connectivity index (χ3v) is 2.86. The van der Waals surface area contributed by atoms with Crippen LogP contribution in [0.2, 0.25) is 0 Å². The highest BCUT2D eigenvalue weighted by atomic mass is 32.2. The first-order valence-corrected chi connectivity index (χ1v) is 6.15. The van der Waals surface area contributed by atoms with Gasteiger partial charge in [-0.15, -0.1) is 0 Å². The van der Waals surface area contributed by atoms with Gasteiger partial charge in [0.2, 0.25) is 0 Å². The summed E-state index contributed by atoms with van der Waals surface area (Å²) < 4.78 is 61.3. The van der Waals surface area contributed by atoms with Crippen LogP contribution < -0.4 is 0 Å². The second kappa shape index (κ2) is 5.69. The van der Waals surface area contributed by atoms with Crippen molar-refractivity contribution in [1.29, 1.82) is 0 Å². The molecule has 0 amide bonds. The number of hydrogen-bond acceptors (Lipinski definition) is 3. The quantitative estimate of drug-likeness (QED) is 0.536. The van der Waals surface area contributed by atoms with Crippen molar-refractivity contribution in [2.24, 2.45) is 0 Å². The van der Waals surface area contributed by atoms with Gasteiger partial charge in [-0.1, -0.05) is 26.7 Å². The summed E-state index contributed by atoms with van der Waals surface area (Å²) in [5.74, 6) is 0. The second-order valence-electron chi connectivity index (χ2n) is 3.20. The van der Waals surface area contributed by atoms with Crippen LogP contribution in [0, 0.1) is 0 Å². The summed E-state index contributed by atoms with van der Waals surface area (Å²) in [6, 6.07) is 0. The predicted octanol–water partition coefficient (Wildman–Crippen LogP) is 2.82. The van der Waals surface area contributed by atoms with Gasteiger partial charge in [-0.05, 0) is 12.8 Å². The lowest BCUT2D eigenvalue weighted by Gasteiger charge is -2.16. The standard InChI is InChI=1S/C8H15F3O3S/c1-3-5-7(6-4-2)14-15(12,13)8(9,10)11/h7H,3-6H2,1-2H3. The maximum absolute atomic E-state index is 12.0. The van der Waals surface area contributed by atoms with E-state index in [1.807, 2.05) is 0 Å². The molecule has 0 heterocycles. The predicted molar refractivity (Wildman–Crippen MR) is 49.7 cm³/mol. The van der Waals surface area contributed by atoms with Gasteiger partial charge < -0.3 is 0 Å². The van der Waals surface area contributed by atoms with Gasteiger partial charge in [-0.25, -0.2) is 0 Å². The Bertz CT molecular complexity index is 265. The Morgan fingerprint density at radius 2 is 1.53 bits per heavy atom. The number of alkyl halides is 3. The van der Waals surface area contributed by atoms with Gasteiger partial charge >= 0.3 is 15.6 Å². The maximum atomic E-state index is 12.0. The van der Waals surface area contributed by atoms with Crippen molar-refractivity contribution in [2.75, 3.05) is 0 Å². The molecule has 0 spiro atoms. The lowest BCUT2D eigenvalue weighted by Crippen LogP contribution is -2.30. The monoisotopic (exact) mass is 248 g/mol. The molecule has 0 unspecified atom stereocenters. The molecule has 7 heteroatoms. The minimum atomic E-state index is -5.44. The van der Waals surface area contributed by atoms with Gasteiger partial charge in [0.15, 0.2) is 0 Å². The summed E-state index contributed by atoms with van der Waals surface area (Å²) in [5.41, 5.74) is -5.33. The SMILES string of the molecule is CCCC(CCC)OS(=O)(=O)C(F)(F)F. The topological polar surface area (TPSA) is 43.4 Å². The molecule has 0 radical (unpaired) electrons. The van der Waals surface area contributed by atoms with Gasteiger partial charge in [0, 0.05) is 0 Å².